The summed E-state index contributed by atoms with van der Waals surface area (Å²) in [5, 5.41) is 12.9. The van der Waals surface area contributed by atoms with Crippen LogP contribution in [0.3, 0.4) is 0 Å². The summed E-state index contributed by atoms with van der Waals surface area (Å²) in [5.74, 6) is -2.90. The summed E-state index contributed by atoms with van der Waals surface area (Å²) in [6.45, 7) is 3.26. The Labute approximate surface area is 127 Å². The Morgan fingerprint density at radius 2 is 1.73 bits per heavy atom. The number of carboxylic acids is 1. The molecule has 0 saturated carbocycles. The average Bonchev–Trinajstić information content (AvgIpc) is 2.37. The Hall–Kier alpha value is -1.48. The van der Waals surface area contributed by atoms with Gasteiger partial charge in [-0.05, 0) is 12.3 Å². The minimum Gasteiger partial charge on any atom is -0.481 e. The van der Waals surface area contributed by atoms with Gasteiger partial charge in [0.15, 0.2) is 0 Å². The van der Waals surface area contributed by atoms with Crippen molar-refractivity contribution in [3.05, 3.63) is 0 Å². The maximum Gasteiger partial charge on any atom is 0.344 e. The topological polar surface area (TPSA) is 179 Å². The van der Waals surface area contributed by atoms with Crippen LogP contribution in [0.5, 0.6) is 0 Å². The number of carbonyl (C=O) groups excluding carboxylic acids is 2. The molecule has 7 N–H and O–H groups in total. The Balaban J connectivity index is 4.63. The van der Waals surface area contributed by atoms with Gasteiger partial charge in [0.05, 0.1) is 6.04 Å². The van der Waals surface area contributed by atoms with Gasteiger partial charge in [-0.15, -0.1) is 0 Å². The molecule has 0 aromatic heterocycles. The van der Waals surface area contributed by atoms with Gasteiger partial charge in [0.25, 0.3) is 0 Å². The Bertz CT molecular complexity index is 463. The third-order valence-corrected chi connectivity index (χ3v) is 3.28. The van der Waals surface area contributed by atoms with E-state index in [1.165, 1.54) is 0 Å². The average molecular weight is 339 g/mol. The lowest BCUT2D eigenvalue weighted by Crippen LogP contribution is -2.53. The fourth-order valence-electron chi connectivity index (χ4n) is 1.50. The van der Waals surface area contributed by atoms with Crippen molar-refractivity contribution < 1.29 is 33.8 Å². The van der Waals surface area contributed by atoms with Crippen LogP contribution in [-0.4, -0.2) is 51.0 Å². The van der Waals surface area contributed by atoms with Gasteiger partial charge in [-0.25, -0.2) is 0 Å². The summed E-state index contributed by atoms with van der Waals surface area (Å²) in [6.07, 6.45) is -1.21. The van der Waals surface area contributed by atoms with Gasteiger partial charge >= 0.3 is 13.6 Å². The van der Waals surface area contributed by atoms with Crippen LogP contribution in [0.1, 0.15) is 26.7 Å². The smallest absolute Gasteiger partial charge is 0.344 e. The first-order valence-corrected chi connectivity index (χ1v) is 8.34. The minimum absolute atomic E-state index is 0.0872. The highest BCUT2D eigenvalue weighted by Gasteiger charge is 2.27. The van der Waals surface area contributed by atoms with E-state index in [0.717, 1.165) is 0 Å². The zero-order chi connectivity index (χ0) is 17.5. The van der Waals surface area contributed by atoms with E-state index in [2.05, 4.69) is 5.32 Å². The number of nitrogens with one attached hydrogen (secondary N) is 2. The standard InChI is InChI=1S/C11H22N3O7P/c1-6(2)9(11(18)13-5-22(19,20)21)14-10(17)7(12)3-4-8(15)16/h6-7,9H,3-5,12H2,1-2H3,(H,13,18)(H,14,17)(H,15,16)(H2,19,20,21)/t7-,9-/m0/s1. The number of carboxylic acid groups (broad SMARTS) is 1. The SMILES string of the molecule is CC(C)[C@H](NC(=O)[C@@H](N)CCC(=O)O)C(=O)NCP(=O)(O)O. The van der Waals surface area contributed by atoms with Crippen molar-refractivity contribution in [2.24, 2.45) is 11.7 Å². The first kappa shape index (κ1) is 20.5. The highest BCUT2D eigenvalue weighted by molar-refractivity contribution is 7.51. The molecule has 0 radical (unpaired) electrons. The molecule has 0 spiro atoms. The van der Waals surface area contributed by atoms with Crippen molar-refractivity contribution in [2.75, 3.05) is 6.29 Å². The van der Waals surface area contributed by atoms with Gasteiger partial charge in [0, 0.05) is 6.42 Å². The van der Waals surface area contributed by atoms with Gasteiger partial charge in [-0.2, -0.15) is 0 Å². The largest absolute Gasteiger partial charge is 0.481 e. The maximum absolute atomic E-state index is 11.9. The van der Waals surface area contributed by atoms with Gasteiger partial charge in [0.1, 0.15) is 12.3 Å². The van der Waals surface area contributed by atoms with Gasteiger partial charge in [-0.3, -0.25) is 18.9 Å². The molecule has 0 aromatic carbocycles. The molecule has 11 heteroatoms. The first-order chi connectivity index (χ1) is 9.94. The Morgan fingerprint density at radius 3 is 2.14 bits per heavy atom. The molecule has 0 aliphatic rings. The molecular weight excluding hydrogens is 317 g/mol. The van der Waals surface area contributed by atoms with Crippen LogP contribution in [-0.2, 0) is 18.9 Å². The van der Waals surface area contributed by atoms with Crippen LogP contribution >= 0.6 is 7.60 Å². The number of rotatable bonds is 9. The Morgan fingerprint density at radius 1 is 1.18 bits per heavy atom. The molecule has 2 atom stereocenters. The van der Waals surface area contributed by atoms with E-state index in [9.17, 15) is 18.9 Å². The van der Waals surface area contributed by atoms with E-state index in [1.807, 2.05) is 5.32 Å². The van der Waals surface area contributed by atoms with Crippen molar-refractivity contribution in [1.29, 1.82) is 0 Å². The number of hydrogen-bond donors (Lipinski definition) is 6. The van der Waals surface area contributed by atoms with Crippen LogP contribution < -0.4 is 16.4 Å². The third-order valence-electron chi connectivity index (χ3n) is 2.71. The molecule has 22 heavy (non-hydrogen) atoms. The van der Waals surface area contributed by atoms with Crippen LogP contribution in [0.25, 0.3) is 0 Å². The molecule has 0 bridgehead atoms. The van der Waals surface area contributed by atoms with E-state index in [4.69, 9.17) is 20.6 Å². The summed E-state index contributed by atoms with van der Waals surface area (Å²) < 4.78 is 10.7. The minimum atomic E-state index is -4.40. The molecule has 0 rings (SSSR count). The summed E-state index contributed by atoms with van der Waals surface area (Å²) in [7, 11) is -4.40. The van der Waals surface area contributed by atoms with Crippen LogP contribution in [0.2, 0.25) is 0 Å². The lowest BCUT2D eigenvalue weighted by molar-refractivity contribution is -0.137. The molecule has 0 heterocycles. The predicted molar refractivity (Wildman–Crippen MR) is 76.7 cm³/mol. The number of carbonyl (C=O) groups is 3. The van der Waals surface area contributed by atoms with Crippen molar-refractivity contribution in [3.8, 4) is 0 Å². The maximum atomic E-state index is 11.9. The molecule has 128 valence electrons. The van der Waals surface area contributed by atoms with Crippen LogP contribution in [0.15, 0.2) is 0 Å². The monoisotopic (exact) mass is 339 g/mol. The van der Waals surface area contributed by atoms with E-state index in [-0.39, 0.29) is 18.8 Å². The zero-order valence-corrected chi connectivity index (χ0v) is 13.2. The zero-order valence-electron chi connectivity index (χ0n) is 12.4. The van der Waals surface area contributed by atoms with E-state index in [0.29, 0.717) is 0 Å². The molecule has 0 aliphatic heterocycles. The fraction of sp³-hybridized carbons (Fsp3) is 0.727. The lowest BCUT2D eigenvalue weighted by atomic mass is 10.0. The highest BCUT2D eigenvalue weighted by Crippen LogP contribution is 2.31. The van der Waals surface area contributed by atoms with E-state index < -0.39 is 43.7 Å². The number of aliphatic carboxylic acids is 1. The highest BCUT2D eigenvalue weighted by atomic mass is 31.2. The molecule has 10 nitrogen and oxygen atoms in total. The van der Waals surface area contributed by atoms with Crippen LogP contribution in [0, 0.1) is 5.92 Å². The van der Waals surface area contributed by atoms with E-state index >= 15 is 0 Å². The summed E-state index contributed by atoms with van der Waals surface area (Å²) >= 11 is 0. The fourth-order valence-corrected chi connectivity index (χ4v) is 1.86. The molecule has 0 aliphatic carbocycles. The molecule has 0 unspecified atom stereocenters. The third kappa shape index (κ3) is 8.73. The second-order valence-electron chi connectivity index (χ2n) is 5.13. The molecule has 0 fully saturated rings. The molecule has 0 saturated heterocycles. The quantitative estimate of drug-likeness (QED) is 0.277. The molecular formula is C11H22N3O7P. The van der Waals surface area contributed by atoms with Crippen molar-refractivity contribution in [3.63, 3.8) is 0 Å². The summed E-state index contributed by atoms with van der Waals surface area (Å²) in [4.78, 5) is 51.5. The van der Waals surface area contributed by atoms with E-state index in [1.54, 1.807) is 13.8 Å². The lowest BCUT2D eigenvalue weighted by Gasteiger charge is -2.23. The van der Waals surface area contributed by atoms with Gasteiger partial charge in [0.2, 0.25) is 11.8 Å². The van der Waals surface area contributed by atoms with Gasteiger partial charge in [-0.1, -0.05) is 13.8 Å². The number of amides is 2. The predicted octanol–water partition coefficient (Wildman–Crippen LogP) is -1.43. The van der Waals surface area contributed by atoms with Crippen molar-refractivity contribution in [2.45, 2.75) is 38.8 Å². The second-order valence-corrected chi connectivity index (χ2v) is 6.78. The first-order valence-electron chi connectivity index (χ1n) is 6.54. The van der Waals surface area contributed by atoms with Gasteiger partial charge < -0.3 is 31.3 Å². The normalized spacial score (nSPS) is 14.3. The summed E-state index contributed by atoms with van der Waals surface area (Å²) in [5.41, 5.74) is 5.53. The second kappa shape index (κ2) is 8.84. The van der Waals surface area contributed by atoms with Crippen molar-refractivity contribution >= 4 is 25.4 Å². The van der Waals surface area contributed by atoms with Crippen molar-refractivity contribution in [1.82, 2.24) is 10.6 Å². The number of hydrogen-bond acceptors (Lipinski definition) is 5. The van der Waals surface area contributed by atoms with Crippen LogP contribution in [0.4, 0.5) is 0 Å². The Kier molecular flexibility index (Phi) is 8.25. The number of nitrogens with two attached hydrogens (primary N) is 1. The molecule has 2 amide bonds. The summed E-state index contributed by atoms with van der Waals surface area (Å²) in [6, 6.07) is -2.12. The molecule has 0 aromatic rings.